The molecule has 3 heteroatoms. The second kappa shape index (κ2) is 6.81. The molecule has 0 aliphatic rings. The van der Waals surface area contributed by atoms with E-state index in [2.05, 4.69) is 35.6 Å². The molecular formula is C23H18N2O. The summed E-state index contributed by atoms with van der Waals surface area (Å²) < 4.78 is 0. The van der Waals surface area contributed by atoms with Crippen molar-refractivity contribution >= 4 is 22.5 Å². The number of hydrogen-bond acceptors (Lipinski definition) is 2. The maximum atomic E-state index is 11.4. The summed E-state index contributed by atoms with van der Waals surface area (Å²) in [5.41, 5.74) is 5.91. The van der Waals surface area contributed by atoms with Crippen LogP contribution in [0.25, 0.3) is 33.3 Å². The van der Waals surface area contributed by atoms with Gasteiger partial charge in [-0.05, 0) is 35.4 Å². The standard InChI is InChI=1S/C23H18N2O/c1-16(26)24-19-12-13-22-21(14-19)20(17-8-4-2-5-9-17)15-23(25-22)18-10-6-3-7-11-18/h2-15H,1H3,(H,24,26). The summed E-state index contributed by atoms with van der Waals surface area (Å²) in [6.45, 7) is 1.51. The van der Waals surface area contributed by atoms with Crippen LogP contribution < -0.4 is 5.32 Å². The number of amides is 1. The zero-order chi connectivity index (χ0) is 17.9. The highest BCUT2D eigenvalue weighted by molar-refractivity contribution is 6.00. The minimum atomic E-state index is -0.0838. The zero-order valence-electron chi connectivity index (χ0n) is 14.4. The van der Waals surface area contributed by atoms with Crippen molar-refractivity contribution in [3.05, 3.63) is 84.9 Å². The fraction of sp³-hybridized carbons (Fsp3) is 0.0435. The first-order chi connectivity index (χ1) is 12.7. The predicted molar refractivity (Wildman–Crippen MR) is 107 cm³/mol. The summed E-state index contributed by atoms with van der Waals surface area (Å²) >= 11 is 0. The van der Waals surface area contributed by atoms with E-state index in [9.17, 15) is 4.79 Å². The van der Waals surface area contributed by atoms with Crippen molar-refractivity contribution in [2.45, 2.75) is 6.92 Å². The second-order valence-corrected chi connectivity index (χ2v) is 6.20. The van der Waals surface area contributed by atoms with Gasteiger partial charge in [-0.25, -0.2) is 4.98 Å². The van der Waals surface area contributed by atoms with Gasteiger partial charge in [0.05, 0.1) is 11.2 Å². The van der Waals surface area contributed by atoms with Crippen LogP contribution in [-0.4, -0.2) is 10.9 Å². The molecule has 3 nitrogen and oxygen atoms in total. The molecule has 1 heterocycles. The molecule has 4 rings (SSSR count). The van der Waals surface area contributed by atoms with Gasteiger partial charge in [-0.3, -0.25) is 4.79 Å². The van der Waals surface area contributed by atoms with Crippen LogP contribution in [0.1, 0.15) is 6.92 Å². The van der Waals surface area contributed by atoms with Crippen molar-refractivity contribution in [3.63, 3.8) is 0 Å². The normalized spacial score (nSPS) is 10.7. The van der Waals surface area contributed by atoms with Crippen LogP contribution in [0.3, 0.4) is 0 Å². The first-order valence-electron chi connectivity index (χ1n) is 8.54. The Kier molecular flexibility index (Phi) is 4.20. The highest BCUT2D eigenvalue weighted by Gasteiger charge is 2.10. The van der Waals surface area contributed by atoms with Crippen molar-refractivity contribution in [1.29, 1.82) is 0 Å². The molecule has 0 radical (unpaired) electrons. The van der Waals surface area contributed by atoms with E-state index in [1.165, 1.54) is 6.92 Å². The van der Waals surface area contributed by atoms with Gasteiger partial charge in [0, 0.05) is 23.6 Å². The third-order valence-corrected chi connectivity index (χ3v) is 4.28. The van der Waals surface area contributed by atoms with Gasteiger partial charge in [0.2, 0.25) is 5.91 Å². The highest BCUT2D eigenvalue weighted by Crippen LogP contribution is 2.33. The Hall–Kier alpha value is -3.46. The van der Waals surface area contributed by atoms with Crippen LogP contribution in [0.5, 0.6) is 0 Å². The average molecular weight is 338 g/mol. The fourth-order valence-corrected chi connectivity index (χ4v) is 3.12. The number of hydrogen-bond donors (Lipinski definition) is 1. The van der Waals surface area contributed by atoms with Crippen molar-refractivity contribution in [2.24, 2.45) is 0 Å². The first kappa shape index (κ1) is 16.0. The Morgan fingerprint density at radius 1 is 0.808 bits per heavy atom. The lowest BCUT2D eigenvalue weighted by atomic mass is 9.98. The lowest BCUT2D eigenvalue weighted by Crippen LogP contribution is -2.05. The molecule has 0 saturated heterocycles. The van der Waals surface area contributed by atoms with E-state index in [-0.39, 0.29) is 5.91 Å². The molecule has 1 aromatic heterocycles. The Labute approximate surface area is 152 Å². The molecule has 26 heavy (non-hydrogen) atoms. The van der Waals surface area contributed by atoms with E-state index in [1.807, 2.05) is 54.6 Å². The number of carbonyl (C=O) groups is 1. The monoisotopic (exact) mass is 338 g/mol. The van der Waals surface area contributed by atoms with Crippen LogP contribution in [0.2, 0.25) is 0 Å². The molecule has 0 atom stereocenters. The molecule has 4 aromatic rings. The number of carbonyl (C=O) groups excluding carboxylic acids is 1. The maximum Gasteiger partial charge on any atom is 0.221 e. The van der Waals surface area contributed by atoms with Gasteiger partial charge < -0.3 is 5.32 Å². The van der Waals surface area contributed by atoms with E-state index < -0.39 is 0 Å². The van der Waals surface area contributed by atoms with Crippen LogP contribution in [-0.2, 0) is 4.79 Å². The summed E-state index contributed by atoms with van der Waals surface area (Å²) in [7, 11) is 0. The molecule has 0 spiro atoms. The molecule has 0 fully saturated rings. The van der Waals surface area contributed by atoms with Crippen LogP contribution in [0, 0.1) is 0 Å². The van der Waals surface area contributed by atoms with Gasteiger partial charge in [0.15, 0.2) is 0 Å². The number of benzene rings is 3. The van der Waals surface area contributed by atoms with Crippen LogP contribution in [0.15, 0.2) is 84.9 Å². The summed E-state index contributed by atoms with van der Waals surface area (Å²) in [5, 5.41) is 3.87. The molecule has 0 unspecified atom stereocenters. The SMILES string of the molecule is CC(=O)Nc1ccc2nc(-c3ccccc3)cc(-c3ccccc3)c2c1. The predicted octanol–water partition coefficient (Wildman–Crippen LogP) is 5.53. The molecule has 1 N–H and O–H groups in total. The third kappa shape index (κ3) is 3.20. The maximum absolute atomic E-state index is 11.4. The van der Waals surface area contributed by atoms with E-state index >= 15 is 0 Å². The van der Waals surface area contributed by atoms with Gasteiger partial charge in [0.25, 0.3) is 0 Å². The lowest BCUT2D eigenvalue weighted by molar-refractivity contribution is -0.114. The van der Waals surface area contributed by atoms with E-state index in [0.717, 1.165) is 39.0 Å². The minimum absolute atomic E-state index is 0.0838. The van der Waals surface area contributed by atoms with Gasteiger partial charge in [-0.1, -0.05) is 60.7 Å². The number of fused-ring (bicyclic) bond motifs is 1. The molecule has 1 amide bonds. The Morgan fingerprint density at radius 2 is 1.46 bits per heavy atom. The average Bonchev–Trinajstić information content (AvgIpc) is 2.68. The summed E-state index contributed by atoms with van der Waals surface area (Å²) in [6.07, 6.45) is 0. The Balaban J connectivity index is 1.97. The lowest BCUT2D eigenvalue weighted by Gasteiger charge is -2.12. The Bertz CT molecular complexity index is 1070. The molecule has 0 aliphatic carbocycles. The number of pyridine rings is 1. The van der Waals surface area contributed by atoms with Crippen molar-refractivity contribution in [2.75, 3.05) is 5.32 Å². The first-order valence-corrected chi connectivity index (χ1v) is 8.54. The second-order valence-electron chi connectivity index (χ2n) is 6.20. The Morgan fingerprint density at radius 3 is 2.12 bits per heavy atom. The summed E-state index contributed by atoms with van der Waals surface area (Å²) in [5.74, 6) is -0.0838. The zero-order valence-corrected chi connectivity index (χ0v) is 14.4. The van der Waals surface area contributed by atoms with Gasteiger partial charge in [-0.2, -0.15) is 0 Å². The molecule has 0 aliphatic heterocycles. The minimum Gasteiger partial charge on any atom is -0.326 e. The number of rotatable bonds is 3. The number of nitrogens with zero attached hydrogens (tertiary/aromatic N) is 1. The molecule has 3 aromatic carbocycles. The molecular weight excluding hydrogens is 320 g/mol. The highest BCUT2D eigenvalue weighted by atomic mass is 16.1. The van der Waals surface area contributed by atoms with E-state index in [4.69, 9.17) is 4.98 Å². The topological polar surface area (TPSA) is 42.0 Å². The van der Waals surface area contributed by atoms with Gasteiger partial charge >= 0.3 is 0 Å². The fourth-order valence-electron chi connectivity index (χ4n) is 3.12. The number of aromatic nitrogens is 1. The molecule has 126 valence electrons. The third-order valence-electron chi connectivity index (χ3n) is 4.28. The molecule has 0 bridgehead atoms. The smallest absolute Gasteiger partial charge is 0.221 e. The number of nitrogens with one attached hydrogen (secondary N) is 1. The van der Waals surface area contributed by atoms with Gasteiger partial charge in [-0.15, -0.1) is 0 Å². The van der Waals surface area contributed by atoms with Crippen LogP contribution in [0.4, 0.5) is 5.69 Å². The van der Waals surface area contributed by atoms with Crippen LogP contribution >= 0.6 is 0 Å². The van der Waals surface area contributed by atoms with Crippen molar-refractivity contribution in [1.82, 2.24) is 4.98 Å². The van der Waals surface area contributed by atoms with Crippen molar-refractivity contribution in [3.8, 4) is 22.4 Å². The quantitative estimate of drug-likeness (QED) is 0.534. The van der Waals surface area contributed by atoms with E-state index in [1.54, 1.807) is 0 Å². The van der Waals surface area contributed by atoms with Crippen molar-refractivity contribution < 1.29 is 4.79 Å². The summed E-state index contributed by atoms with van der Waals surface area (Å²) in [4.78, 5) is 16.3. The largest absolute Gasteiger partial charge is 0.326 e. The van der Waals surface area contributed by atoms with E-state index in [0.29, 0.717) is 0 Å². The molecule has 0 saturated carbocycles. The van der Waals surface area contributed by atoms with Gasteiger partial charge in [0.1, 0.15) is 0 Å². The summed E-state index contributed by atoms with van der Waals surface area (Å²) in [6, 6.07) is 28.4. The number of anilines is 1.